The SMILES string of the molecule is [Cl][Ti][Cl].c1cc[cH-]c1.c1ccc2[cH-]c(-n3c4ccccc4c4ccccc43)cc2c1. The van der Waals surface area contributed by atoms with E-state index in [0.29, 0.717) is 0 Å². The smallest absolute Gasteiger partial charge is 0.0523 e. The molecule has 0 spiro atoms. The third kappa shape index (κ3) is 4.40. The van der Waals surface area contributed by atoms with Crippen molar-refractivity contribution >= 4 is 51.2 Å². The van der Waals surface area contributed by atoms with Crippen LogP contribution in [-0.2, 0) is 17.0 Å². The normalized spacial score (nSPS) is 10.3. The zero-order chi connectivity index (χ0) is 20.8. The summed E-state index contributed by atoms with van der Waals surface area (Å²) in [7, 11) is 9.78. The molecule has 0 saturated heterocycles. The number of aromatic nitrogens is 1. The van der Waals surface area contributed by atoms with Crippen molar-refractivity contribution in [2.24, 2.45) is 0 Å². The van der Waals surface area contributed by atoms with E-state index in [1.54, 1.807) is 0 Å². The fourth-order valence-corrected chi connectivity index (χ4v) is 3.78. The molecule has 0 unspecified atom stereocenters. The second kappa shape index (κ2) is 10.2. The van der Waals surface area contributed by atoms with Gasteiger partial charge in [0.15, 0.2) is 0 Å². The van der Waals surface area contributed by atoms with Gasteiger partial charge in [-0.3, -0.25) is 0 Å². The molecule has 1 heterocycles. The Morgan fingerprint density at radius 1 is 0.667 bits per heavy atom. The molecule has 6 rings (SSSR count). The van der Waals surface area contributed by atoms with Gasteiger partial charge in [0.2, 0.25) is 0 Å². The Morgan fingerprint density at radius 2 is 1.20 bits per heavy atom. The Kier molecular flexibility index (Phi) is 7.09. The number of hydrogen-bond acceptors (Lipinski definition) is 0. The van der Waals surface area contributed by atoms with Crippen LogP contribution >= 0.6 is 18.6 Å². The first-order valence-corrected chi connectivity index (χ1v) is 13.9. The molecule has 148 valence electrons. The molecule has 0 atom stereocenters. The Bertz CT molecular complexity index is 1240. The van der Waals surface area contributed by atoms with E-state index in [1.807, 2.05) is 30.3 Å². The Morgan fingerprint density at radius 3 is 1.73 bits per heavy atom. The maximum Gasteiger partial charge on any atom is 0.0523 e. The molecule has 0 bridgehead atoms. The van der Waals surface area contributed by atoms with E-state index < -0.39 is 17.0 Å². The zero-order valence-electron chi connectivity index (χ0n) is 16.2. The summed E-state index contributed by atoms with van der Waals surface area (Å²) in [5.41, 5.74) is 3.76. The number of hydrogen-bond donors (Lipinski definition) is 0. The molecule has 0 fully saturated rings. The standard InChI is InChI=1S/C21H14N.C5H5.2ClH.Ti/c1-2-8-16-14-17(13-15(16)7-1)22-20-11-5-3-9-18(20)19-10-4-6-12-21(19)22;1-2-4-5-3-1;;;/h1-14H;1-5H;2*1H;/q2*-1;;;+2/p-2. The van der Waals surface area contributed by atoms with Crippen LogP contribution in [0.2, 0.25) is 0 Å². The summed E-state index contributed by atoms with van der Waals surface area (Å²) in [4.78, 5) is 0. The number of benzene rings is 3. The van der Waals surface area contributed by atoms with Crippen LogP contribution in [0.15, 0.2) is 115 Å². The molecule has 30 heavy (non-hydrogen) atoms. The first kappa shape index (κ1) is 21.0. The predicted molar refractivity (Wildman–Crippen MR) is 128 cm³/mol. The molecule has 1 nitrogen and oxygen atoms in total. The molecular weight excluding hydrogens is 445 g/mol. The van der Waals surface area contributed by atoms with Gasteiger partial charge in [0.25, 0.3) is 0 Å². The summed E-state index contributed by atoms with van der Waals surface area (Å²) in [5.74, 6) is 0. The minimum absolute atomic E-state index is 0.556. The van der Waals surface area contributed by atoms with Gasteiger partial charge < -0.3 is 4.57 Å². The van der Waals surface area contributed by atoms with Gasteiger partial charge in [0.1, 0.15) is 0 Å². The first-order chi connectivity index (χ1) is 14.8. The van der Waals surface area contributed by atoms with Gasteiger partial charge >= 0.3 is 35.6 Å². The molecule has 6 aromatic rings. The largest absolute Gasteiger partial charge is 0.328 e. The van der Waals surface area contributed by atoms with Crippen LogP contribution in [0.1, 0.15) is 0 Å². The fourth-order valence-electron chi connectivity index (χ4n) is 3.78. The molecule has 0 amide bonds. The number of para-hydroxylation sites is 2. The van der Waals surface area contributed by atoms with Crippen molar-refractivity contribution in [1.29, 1.82) is 0 Å². The topological polar surface area (TPSA) is 4.93 Å². The van der Waals surface area contributed by atoms with Crippen molar-refractivity contribution in [3.8, 4) is 5.69 Å². The van der Waals surface area contributed by atoms with Gasteiger partial charge in [-0.2, -0.15) is 18.2 Å². The van der Waals surface area contributed by atoms with E-state index in [-0.39, 0.29) is 0 Å². The molecular formula is C26H19Cl2NTi-2. The number of nitrogens with zero attached hydrogens (tertiary/aromatic N) is 1. The average Bonchev–Trinajstić information content (AvgIpc) is 3.53. The first-order valence-electron chi connectivity index (χ1n) is 9.60. The van der Waals surface area contributed by atoms with Gasteiger partial charge in [-0.05, 0) is 17.8 Å². The van der Waals surface area contributed by atoms with E-state index in [9.17, 15) is 0 Å². The van der Waals surface area contributed by atoms with Crippen molar-refractivity contribution < 1.29 is 17.0 Å². The van der Waals surface area contributed by atoms with Crippen molar-refractivity contribution in [1.82, 2.24) is 4.57 Å². The van der Waals surface area contributed by atoms with Gasteiger partial charge in [0.05, 0.1) is 11.0 Å². The van der Waals surface area contributed by atoms with Crippen LogP contribution in [0.3, 0.4) is 0 Å². The molecule has 4 heteroatoms. The molecule has 5 aromatic carbocycles. The molecule has 0 aliphatic carbocycles. The second-order valence-corrected chi connectivity index (χ2v) is 9.32. The van der Waals surface area contributed by atoms with E-state index in [2.05, 4.69) is 89.5 Å². The summed E-state index contributed by atoms with van der Waals surface area (Å²) < 4.78 is 2.37. The molecule has 1 aromatic heterocycles. The summed E-state index contributed by atoms with van der Waals surface area (Å²) in [6.45, 7) is 0. The molecule has 0 aliphatic rings. The van der Waals surface area contributed by atoms with E-state index >= 15 is 0 Å². The Balaban J connectivity index is 0.000000233. The van der Waals surface area contributed by atoms with Crippen LogP contribution in [0.4, 0.5) is 0 Å². The molecule has 0 aliphatic heterocycles. The van der Waals surface area contributed by atoms with Gasteiger partial charge in [-0.1, -0.05) is 42.5 Å². The average molecular weight is 464 g/mol. The maximum absolute atomic E-state index is 4.89. The Labute approximate surface area is 192 Å². The van der Waals surface area contributed by atoms with Crippen molar-refractivity contribution in [2.45, 2.75) is 0 Å². The number of fused-ring (bicyclic) bond motifs is 4. The number of rotatable bonds is 1. The third-order valence-corrected chi connectivity index (χ3v) is 5.00. The monoisotopic (exact) mass is 463 g/mol. The van der Waals surface area contributed by atoms with Crippen molar-refractivity contribution in [3.05, 3.63) is 115 Å². The summed E-state index contributed by atoms with van der Waals surface area (Å²) in [6.07, 6.45) is 0. The van der Waals surface area contributed by atoms with Gasteiger partial charge in [0, 0.05) is 10.8 Å². The summed E-state index contributed by atoms with van der Waals surface area (Å²) >= 11 is -0.556. The molecule has 0 radical (unpaired) electrons. The second-order valence-electron chi connectivity index (χ2n) is 6.75. The van der Waals surface area contributed by atoms with Crippen molar-refractivity contribution in [2.75, 3.05) is 0 Å². The van der Waals surface area contributed by atoms with Gasteiger partial charge in [-0.15, -0.1) is 41.1 Å². The van der Waals surface area contributed by atoms with E-state index in [0.717, 1.165) is 0 Å². The van der Waals surface area contributed by atoms with Crippen LogP contribution < -0.4 is 0 Å². The van der Waals surface area contributed by atoms with E-state index in [4.69, 9.17) is 18.6 Å². The minimum atomic E-state index is -0.556. The quantitative estimate of drug-likeness (QED) is 0.170. The van der Waals surface area contributed by atoms with Crippen LogP contribution in [0.5, 0.6) is 0 Å². The fraction of sp³-hybridized carbons (Fsp3) is 0. The minimum Gasteiger partial charge on any atom is -0.328 e. The van der Waals surface area contributed by atoms with Crippen LogP contribution in [-0.4, -0.2) is 4.57 Å². The Hall–Kier alpha value is -2.29. The predicted octanol–water partition coefficient (Wildman–Crippen LogP) is 8.44. The zero-order valence-corrected chi connectivity index (χ0v) is 19.2. The number of halogens is 2. The van der Waals surface area contributed by atoms with Crippen molar-refractivity contribution in [3.63, 3.8) is 0 Å². The third-order valence-electron chi connectivity index (χ3n) is 5.00. The summed E-state index contributed by atoms with van der Waals surface area (Å²) in [5, 5.41) is 5.20. The van der Waals surface area contributed by atoms with Crippen LogP contribution in [0, 0.1) is 0 Å². The molecule has 0 saturated carbocycles. The maximum atomic E-state index is 4.89. The van der Waals surface area contributed by atoms with E-state index in [1.165, 1.54) is 38.3 Å². The van der Waals surface area contributed by atoms with Gasteiger partial charge in [-0.25, -0.2) is 12.1 Å². The molecule has 0 N–H and O–H groups in total. The van der Waals surface area contributed by atoms with Crippen LogP contribution in [0.25, 0.3) is 38.3 Å². The summed E-state index contributed by atoms with van der Waals surface area (Å²) in [6, 6.07) is 40.3.